The maximum absolute atomic E-state index is 12.6. The number of hydrogen-bond acceptors (Lipinski definition) is 6. The highest BCUT2D eigenvalue weighted by Crippen LogP contribution is 2.14. The molecular weight excluding hydrogens is 534 g/mol. The number of benzene rings is 3. The monoisotopic (exact) mass is 571 g/mol. The lowest BCUT2D eigenvalue weighted by atomic mass is 10.0. The van der Waals surface area contributed by atoms with Gasteiger partial charge in [-0.1, -0.05) is 72.8 Å². The Morgan fingerprint density at radius 1 is 0.902 bits per heavy atom. The molecule has 0 spiro atoms. The molecule has 0 saturated carbocycles. The van der Waals surface area contributed by atoms with E-state index >= 15 is 0 Å². The van der Waals surface area contributed by atoms with Gasteiger partial charge in [-0.3, -0.25) is 4.79 Å². The van der Waals surface area contributed by atoms with Crippen molar-refractivity contribution in [2.45, 2.75) is 49.9 Å². The van der Waals surface area contributed by atoms with Gasteiger partial charge >= 0.3 is 0 Å². The van der Waals surface area contributed by atoms with Crippen LogP contribution in [0.25, 0.3) is 0 Å². The number of carbonyl (C=O) groups is 1. The molecule has 0 aliphatic carbocycles. The van der Waals surface area contributed by atoms with E-state index < -0.39 is 17.1 Å². The molecule has 41 heavy (non-hydrogen) atoms. The number of rotatable bonds is 14. The van der Waals surface area contributed by atoms with Crippen LogP contribution in [0.1, 0.15) is 40.8 Å². The van der Waals surface area contributed by atoms with Crippen LogP contribution in [0.5, 0.6) is 0 Å². The van der Waals surface area contributed by atoms with E-state index in [9.17, 15) is 14.1 Å². The standard InChI is InChI=1S/C32H37N5O3S/c1-23(34-22-30(38)28-12-15-31(33)35-21-28)16-26-8-5-9-27(17-26)18-32(39)36-19-25-10-13-29(14-11-25)41(40)37-20-24-6-3-2-4-7-24/h2-15,17,21,23,30,34,37-38H,16,18-20,22H2,1H3,(H2,33,35)(H,36,39). The number of nitrogens with one attached hydrogen (secondary N) is 3. The summed E-state index contributed by atoms with van der Waals surface area (Å²) in [4.78, 5) is 17.3. The molecule has 1 amide bonds. The largest absolute Gasteiger partial charge is 0.387 e. The van der Waals surface area contributed by atoms with Crippen molar-refractivity contribution in [3.8, 4) is 0 Å². The van der Waals surface area contributed by atoms with Crippen LogP contribution in [0, 0.1) is 0 Å². The summed E-state index contributed by atoms with van der Waals surface area (Å²) in [6.45, 7) is 3.38. The second-order valence-electron chi connectivity index (χ2n) is 10.0. The summed E-state index contributed by atoms with van der Waals surface area (Å²) in [5.41, 5.74) is 10.4. The van der Waals surface area contributed by atoms with Crippen LogP contribution in [0.3, 0.4) is 0 Å². The molecule has 6 N–H and O–H groups in total. The minimum Gasteiger partial charge on any atom is -0.387 e. The van der Waals surface area contributed by atoms with Crippen LogP contribution in [-0.4, -0.2) is 32.8 Å². The second-order valence-corrected chi connectivity index (χ2v) is 11.3. The van der Waals surface area contributed by atoms with Crippen molar-refractivity contribution in [1.82, 2.24) is 20.3 Å². The van der Waals surface area contributed by atoms with Gasteiger partial charge in [0, 0.05) is 37.4 Å². The summed E-state index contributed by atoms with van der Waals surface area (Å²) < 4.78 is 15.6. The average molecular weight is 572 g/mol. The van der Waals surface area contributed by atoms with Crippen LogP contribution in [0.4, 0.5) is 5.82 Å². The quantitative estimate of drug-likeness (QED) is 0.157. The van der Waals surface area contributed by atoms with Crippen molar-refractivity contribution in [1.29, 1.82) is 0 Å². The highest BCUT2D eigenvalue weighted by Gasteiger charge is 2.12. The van der Waals surface area contributed by atoms with Gasteiger partial charge in [-0.2, -0.15) is 0 Å². The number of nitrogens with zero attached hydrogens (tertiary/aromatic N) is 1. The lowest BCUT2D eigenvalue weighted by Gasteiger charge is -2.18. The number of aliphatic hydroxyl groups excluding tert-OH is 1. The predicted molar refractivity (Wildman–Crippen MR) is 163 cm³/mol. The molecule has 3 unspecified atom stereocenters. The Hall–Kier alpha value is -3.89. The molecule has 8 nitrogen and oxygen atoms in total. The zero-order valence-corrected chi connectivity index (χ0v) is 23.9. The maximum atomic E-state index is 12.6. The van der Waals surface area contributed by atoms with Crippen molar-refractivity contribution in [2.24, 2.45) is 0 Å². The van der Waals surface area contributed by atoms with Crippen LogP contribution in [0.2, 0.25) is 0 Å². The average Bonchev–Trinajstić information content (AvgIpc) is 2.99. The van der Waals surface area contributed by atoms with Gasteiger partial charge in [0.05, 0.1) is 17.4 Å². The van der Waals surface area contributed by atoms with Gasteiger partial charge in [-0.25, -0.2) is 13.9 Å². The summed E-state index contributed by atoms with van der Waals surface area (Å²) in [6.07, 6.45) is 1.96. The molecule has 214 valence electrons. The highest BCUT2D eigenvalue weighted by molar-refractivity contribution is 7.83. The lowest BCUT2D eigenvalue weighted by Crippen LogP contribution is -2.32. The molecule has 4 aromatic rings. The SMILES string of the molecule is CC(Cc1cccc(CC(=O)NCc2ccc(S(=O)NCc3ccccc3)cc2)c1)NCC(O)c1ccc(N)nc1. The third kappa shape index (κ3) is 9.91. The van der Waals surface area contributed by atoms with Gasteiger partial charge in [0.15, 0.2) is 0 Å². The first-order chi connectivity index (χ1) is 19.9. The molecule has 0 aliphatic heterocycles. The van der Waals surface area contributed by atoms with E-state index in [0.29, 0.717) is 35.9 Å². The van der Waals surface area contributed by atoms with E-state index in [1.165, 1.54) is 0 Å². The first kappa shape index (κ1) is 30.1. The van der Waals surface area contributed by atoms with Crippen LogP contribution in [-0.2, 0) is 41.7 Å². The topological polar surface area (TPSA) is 129 Å². The first-order valence-electron chi connectivity index (χ1n) is 13.6. The molecule has 1 aromatic heterocycles. The Bertz CT molecular complexity index is 1420. The number of hydrogen-bond donors (Lipinski definition) is 5. The Morgan fingerprint density at radius 2 is 1.61 bits per heavy atom. The number of nitrogens with two attached hydrogens (primary N) is 1. The van der Waals surface area contributed by atoms with E-state index in [4.69, 9.17) is 5.73 Å². The van der Waals surface area contributed by atoms with E-state index in [0.717, 1.165) is 28.7 Å². The Morgan fingerprint density at radius 3 is 2.34 bits per heavy atom. The van der Waals surface area contributed by atoms with Crippen LogP contribution >= 0.6 is 0 Å². The molecule has 3 atom stereocenters. The van der Waals surface area contributed by atoms with Gasteiger partial charge in [0.25, 0.3) is 0 Å². The summed E-state index contributed by atoms with van der Waals surface area (Å²) in [5, 5.41) is 16.7. The summed E-state index contributed by atoms with van der Waals surface area (Å²) in [6, 6.07) is 28.8. The highest BCUT2D eigenvalue weighted by atomic mass is 32.2. The number of nitrogen functional groups attached to an aromatic ring is 1. The van der Waals surface area contributed by atoms with Gasteiger partial charge in [0.2, 0.25) is 5.91 Å². The second kappa shape index (κ2) is 15.2. The van der Waals surface area contributed by atoms with Gasteiger partial charge in [0.1, 0.15) is 16.8 Å². The van der Waals surface area contributed by atoms with Gasteiger partial charge in [-0.15, -0.1) is 0 Å². The lowest BCUT2D eigenvalue weighted by molar-refractivity contribution is -0.120. The van der Waals surface area contributed by atoms with E-state index in [-0.39, 0.29) is 18.4 Å². The molecule has 9 heteroatoms. The minimum absolute atomic E-state index is 0.0641. The number of carbonyl (C=O) groups excluding carboxylic acids is 1. The molecule has 0 fully saturated rings. The zero-order valence-electron chi connectivity index (χ0n) is 23.1. The minimum atomic E-state index is -1.31. The van der Waals surface area contributed by atoms with Crippen molar-refractivity contribution < 1.29 is 14.1 Å². The summed E-state index contributed by atoms with van der Waals surface area (Å²) >= 11 is 0. The van der Waals surface area contributed by atoms with E-state index in [1.807, 2.05) is 78.9 Å². The molecule has 0 bridgehead atoms. The van der Waals surface area contributed by atoms with E-state index in [2.05, 4.69) is 27.3 Å². The summed E-state index contributed by atoms with van der Waals surface area (Å²) in [5.74, 6) is 0.359. The third-order valence-corrected chi connectivity index (χ3v) is 7.74. The number of aliphatic hydroxyl groups is 1. The fraction of sp³-hybridized carbons (Fsp3) is 0.250. The third-order valence-electron chi connectivity index (χ3n) is 6.63. The zero-order chi connectivity index (χ0) is 29.0. The van der Waals surface area contributed by atoms with Crippen molar-refractivity contribution >= 4 is 22.7 Å². The van der Waals surface area contributed by atoms with Crippen LogP contribution < -0.4 is 21.1 Å². The Balaban J connectivity index is 1.19. The van der Waals surface area contributed by atoms with E-state index in [1.54, 1.807) is 18.3 Å². The van der Waals surface area contributed by atoms with Gasteiger partial charge < -0.3 is 21.5 Å². The predicted octanol–water partition coefficient (Wildman–Crippen LogP) is 3.59. The number of aromatic nitrogens is 1. The summed E-state index contributed by atoms with van der Waals surface area (Å²) in [7, 11) is -1.31. The first-order valence-corrected chi connectivity index (χ1v) is 14.8. The molecule has 1 heterocycles. The molecule has 0 radical (unpaired) electrons. The number of pyridine rings is 1. The molecule has 3 aromatic carbocycles. The Kier molecular flexibility index (Phi) is 11.2. The van der Waals surface area contributed by atoms with Crippen molar-refractivity contribution in [3.05, 3.63) is 125 Å². The van der Waals surface area contributed by atoms with Crippen LogP contribution in [0.15, 0.2) is 102 Å². The maximum Gasteiger partial charge on any atom is 0.224 e. The molecule has 0 aliphatic rings. The number of anilines is 1. The van der Waals surface area contributed by atoms with Crippen molar-refractivity contribution in [2.75, 3.05) is 12.3 Å². The van der Waals surface area contributed by atoms with Crippen molar-refractivity contribution in [3.63, 3.8) is 0 Å². The molecular formula is C32H37N5O3S. The molecule has 0 saturated heterocycles. The number of amides is 1. The fourth-order valence-corrected chi connectivity index (χ4v) is 5.19. The fourth-order valence-electron chi connectivity index (χ4n) is 4.34. The smallest absolute Gasteiger partial charge is 0.224 e. The van der Waals surface area contributed by atoms with Gasteiger partial charge in [-0.05, 0) is 53.8 Å². The Labute approximate surface area is 244 Å². The molecule has 4 rings (SSSR count). The normalized spacial score (nSPS) is 13.3.